The lowest BCUT2D eigenvalue weighted by Gasteiger charge is -2.40. The summed E-state index contributed by atoms with van der Waals surface area (Å²) in [7, 11) is 0. The van der Waals surface area contributed by atoms with E-state index in [1.165, 1.54) is 0 Å². The molecule has 0 aliphatic carbocycles. The molecular formula is C14H28O6. The molecule has 0 amide bonds. The normalized spacial score (nSPS) is 36.0. The van der Waals surface area contributed by atoms with E-state index in [0.717, 1.165) is 25.7 Å². The molecule has 0 aromatic heterocycles. The predicted molar refractivity (Wildman–Crippen MR) is 73.0 cm³/mol. The highest BCUT2D eigenvalue weighted by molar-refractivity contribution is 4.88. The maximum Gasteiger partial charge on any atom is 0.186 e. The molecule has 6 atom stereocenters. The lowest BCUT2D eigenvalue weighted by Crippen LogP contribution is -2.59. The summed E-state index contributed by atoms with van der Waals surface area (Å²) in [5.41, 5.74) is 0. The van der Waals surface area contributed by atoms with E-state index in [9.17, 15) is 15.3 Å². The zero-order valence-corrected chi connectivity index (χ0v) is 12.3. The summed E-state index contributed by atoms with van der Waals surface area (Å²) < 4.78 is 10.8. The van der Waals surface area contributed by atoms with Crippen LogP contribution in [0, 0.1) is 5.92 Å². The van der Waals surface area contributed by atoms with E-state index >= 15 is 0 Å². The first-order chi connectivity index (χ1) is 9.54. The summed E-state index contributed by atoms with van der Waals surface area (Å²) in [6.07, 6.45) is -1.68. The van der Waals surface area contributed by atoms with Crippen LogP contribution < -0.4 is 0 Å². The van der Waals surface area contributed by atoms with Gasteiger partial charge in [-0.15, -0.1) is 0 Å². The van der Waals surface area contributed by atoms with E-state index < -0.39 is 37.3 Å². The number of ether oxygens (including phenoxy) is 2. The fourth-order valence-corrected chi connectivity index (χ4v) is 2.33. The molecule has 1 rings (SSSR count). The Morgan fingerprint density at radius 1 is 1.10 bits per heavy atom. The molecule has 1 aliphatic rings. The van der Waals surface area contributed by atoms with Gasteiger partial charge in [0.05, 0.1) is 13.2 Å². The molecule has 4 N–H and O–H groups in total. The molecule has 0 unspecified atom stereocenters. The van der Waals surface area contributed by atoms with Gasteiger partial charge in [-0.05, 0) is 12.3 Å². The third-order valence-corrected chi connectivity index (χ3v) is 3.89. The highest BCUT2D eigenvalue weighted by Crippen LogP contribution is 2.23. The van der Waals surface area contributed by atoms with Gasteiger partial charge in [0, 0.05) is 0 Å². The van der Waals surface area contributed by atoms with Crippen molar-refractivity contribution in [2.75, 3.05) is 13.2 Å². The van der Waals surface area contributed by atoms with Gasteiger partial charge in [0.15, 0.2) is 6.29 Å². The Bertz CT molecular complexity index is 260. The quantitative estimate of drug-likeness (QED) is 0.503. The van der Waals surface area contributed by atoms with Crippen molar-refractivity contribution in [2.24, 2.45) is 5.92 Å². The first-order valence-corrected chi connectivity index (χ1v) is 7.47. The van der Waals surface area contributed by atoms with Crippen molar-refractivity contribution in [3.8, 4) is 0 Å². The third kappa shape index (κ3) is 4.65. The number of rotatable bonds is 8. The van der Waals surface area contributed by atoms with Crippen LogP contribution in [-0.4, -0.2) is 64.3 Å². The molecule has 1 heterocycles. The average molecular weight is 292 g/mol. The Morgan fingerprint density at radius 2 is 1.80 bits per heavy atom. The van der Waals surface area contributed by atoms with Gasteiger partial charge in [0.1, 0.15) is 24.4 Å². The van der Waals surface area contributed by atoms with Crippen LogP contribution in [0.5, 0.6) is 0 Å². The van der Waals surface area contributed by atoms with Crippen LogP contribution in [-0.2, 0) is 9.47 Å². The fraction of sp³-hybridized carbons (Fsp3) is 1.00. The van der Waals surface area contributed by atoms with Crippen molar-refractivity contribution < 1.29 is 29.9 Å². The first-order valence-electron chi connectivity index (χ1n) is 7.47. The molecule has 120 valence electrons. The monoisotopic (exact) mass is 292 g/mol. The van der Waals surface area contributed by atoms with Gasteiger partial charge in [0.25, 0.3) is 0 Å². The van der Waals surface area contributed by atoms with Crippen LogP contribution in [0.15, 0.2) is 0 Å². The maximum atomic E-state index is 9.84. The lowest BCUT2D eigenvalue weighted by atomic mass is 9.98. The zero-order chi connectivity index (χ0) is 15.1. The fourth-order valence-electron chi connectivity index (χ4n) is 2.33. The van der Waals surface area contributed by atoms with Crippen LogP contribution in [0.2, 0.25) is 0 Å². The Hall–Kier alpha value is -0.240. The second-order valence-corrected chi connectivity index (χ2v) is 5.45. The smallest absolute Gasteiger partial charge is 0.186 e. The van der Waals surface area contributed by atoms with E-state index in [-0.39, 0.29) is 0 Å². The summed E-state index contributed by atoms with van der Waals surface area (Å²) >= 11 is 0. The summed E-state index contributed by atoms with van der Waals surface area (Å²) in [5, 5.41) is 38.3. The molecule has 0 aromatic rings. The van der Waals surface area contributed by atoms with Crippen LogP contribution in [0.4, 0.5) is 0 Å². The summed E-state index contributed by atoms with van der Waals surface area (Å²) in [4.78, 5) is 0. The summed E-state index contributed by atoms with van der Waals surface area (Å²) in [5.74, 6) is 0.377. The second kappa shape index (κ2) is 8.92. The van der Waals surface area contributed by atoms with Gasteiger partial charge < -0.3 is 29.9 Å². The van der Waals surface area contributed by atoms with Crippen LogP contribution in [0.3, 0.4) is 0 Å². The van der Waals surface area contributed by atoms with E-state index in [0.29, 0.717) is 12.5 Å². The van der Waals surface area contributed by atoms with Crippen molar-refractivity contribution in [1.29, 1.82) is 0 Å². The van der Waals surface area contributed by atoms with E-state index in [1.54, 1.807) is 0 Å². The minimum absolute atomic E-state index is 0.377. The summed E-state index contributed by atoms with van der Waals surface area (Å²) in [6, 6.07) is 0. The van der Waals surface area contributed by atoms with Crippen molar-refractivity contribution >= 4 is 0 Å². The number of aliphatic hydroxyl groups is 4. The SMILES string of the molecule is CCCC[C@@H](CC)CO[C@H]1O[C@H](CO)[C@@H](O)[C@H](O)[C@H]1O. The van der Waals surface area contributed by atoms with Crippen molar-refractivity contribution in [2.45, 2.75) is 70.2 Å². The summed E-state index contributed by atoms with van der Waals surface area (Å²) in [6.45, 7) is 4.21. The molecule has 0 saturated carbocycles. The van der Waals surface area contributed by atoms with Crippen LogP contribution in [0.1, 0.15) is 39.5 Å². The Labute approximate surface area is 120 Å². The van der Waals surface area contributed by atoms with Crippen molar-refractivity contribution in [3.05, 3.63) is 0 Å². The van der Waals surface area contributed by atoms with Crippen LogP contribution >= 0.6 is 0 Å². The second-order valence-electron chi connectivity index (χ2n) is 5.45. The highest BCUT2D eigenvalue weighted by atomic mass is 16.7. The minimum Gasteiger partial charge on any atom is -0.394 e. The van der Waals surface area contributed by atoms with Crippen molar-refractivity contribution in [3.63, 3.8) is 0 Å². The highest BCUT2D eigenvalue weighted by Gasteiger charge is 2.44. The Morgan fingerprint density at radius 3 is 2.35 bits per heavy atom. The molecule has 20 heavy (non-hydrogen) atoms. The van der Waals surface area contributed by atoms with Gasteiger partial charge in [-0.25, -0.2) is 0 Å². The molecule has 1 aliphatic heterocycles. The van der Waals surface area contributed by atoms with Crippen LogP contribution in [0.25, 0.3) is 0 Å². The molecule has 1 fully saturated rings. The molecule has 0 bridgehead atoms. The number of hydrogen-bond donors (Lipinski definition) is 4. The van der Waals surface area contributed by atoms with Gasteiger partial charge >= 0.3 is 0 Å². The zero-order valence-electron chi connectivity index (χ0n) is 12.3. The molecule has 0 radical (unpaired) electrons. The first kappa shape index (κ1) is 17.8. The Kier molecular flexibility index (Phi) is 7.94. The van der Waals surface area contributed by atoms with E-state index in [1.807, 2.05) is 0 Å². The lowest BCUT2D eigenvalue weighted by molar-refractivity contribution is -0.303. The standard InChI is InChI=1S/C14H28O6/c1-3-5-6-9(4-2)8-19-14-13(18)12(17)11(16)10(7-15)20-14/h9-18H,3-8H2,1-2H3/t9-,10-,11-,12+,13-,14+/m1/s1. The van der Waals surface area contributed by atoms with Gasteiger partial charge in [-0.1, -0.05) is 33.1 Å². The van der Waals surface area contributed by atoms with Gasteiger partial charge in [0.2, 0.25) is 0 Å². The van der Waals surface area contributed by atoms with Gasteiger partial charge in [-0.2, -0.15) is 0 Å². The minimum atomic E-state index is -1.37. The largest absolute Gasteiger partial charge is 0.394 e. The molecule has 0 spiro atoms. The average Bonchev–Trinajstić information content (AvgIpc) is 2.47. The molecule has 6 heteroatoms. The molecular weight excluding hydrogens is 264 g/mol. The van der Waals surface area contributed by atoms with E-state index in [4.69, 9.17) is 14.6 Å². The number of aliphatic hydroxyl groups excluding tert-OH is 4. The number of hydrogen-bond acceptors (Lipinski definition) is 6. The topological polar surface area (TPSA) is 99.4 Å². The third-order valence-electron chi connectivity index (χ3n) is 3.89. The maximum absolute atomic E-state index is 9.84. The molecule has 6 nitrogen and oxygen atoms in total. The number of unbranched alkanes of at least 4 members (excludes halogenated alkanes) is 1. The molecule has 1 saturated heterocycles. The van der Waals surface area contributed by atoms with Gasteiger partial charge in [-0.3, -0.25) is 0 Å². The molecule has 0 aromatic carbocycles. The van der Waals surface area contributed by atoms with E-state index in [2.05, 4.69) is 13.8 Å². The Balaban J connectivity index is 2.48. The predicted octanol–water partition coefficient (Wildman–Crippen LogP) is 0.0193. The van der Waals surface area contributed by atoms with Crippen molar-refractivity contribution in [1.82, 2.24) is 0 Å².